The van der Waals surface area contributed by atoms with Gasteiger partial charge in [-0.3, -0.25) is 9.89 Å². The van der Waals surface area contributed by atoms with E-state index in [4.69, 9.17) is 4.74 Å². The van der Waals surface area contributed by atoms with Gasteiger partial charge in [-0.25, -0.2) is 0 Å². The number of ether oxygens (including phenoxy) is 1. The van der Waals surface area contributed by atoms with Crippen LogP contribution in [0.1, 0.15) is 64.2 Å². The predicted octanol–water partition coefficient (Wildman–Crippen LogP) is 3.38. The van der Waals surface area contributed by atoms with Crippen LogP contribution in [-0.4, -0.2) is 62.8 Å². The number of aliphatic imine (C=N–C) groups is 1. The van der Waals surface area contributed by atoms with Crippen molar-refractivity contribution < 1.29 is 4.74 Å². The topological polar surface area (TPSA) is 48.9 Å². The molecule has 3 aliphatic carbocycles. The van der Waals surface area contributed by atoms with Crippen molar-refractivity contribution in [3.63, 3.8) is 0 Å². The molecule has 0 amide bonds. The van der Waals surface area contributed by atoms with Gasteiger partial charge in [0.15, 0.2) is 5.96 Å². The lowest BCUT2D eigenvalue weighted by atomic mass is 9.98. The van der Waals surface area contributed by atoms with Gasteiger partial charge in [-0.2, -0.15) is 0 Å². The van der Waals surface area contributed by atoms with Gasteiger partial charge in [0.05, 0.1) is 6.10 Å². The standard InChI is InChI=1S/C20H38N4O.HI/c1-21-20(22-12-5-15-25-19-6-3-2-4-7-19)23-13-14-24(18-10-11-18)16-17-8-9-17;/h17-19H,2-16H2,1H3,(H2,21,22,23);1H. The molecule has 3 aliphatic rings. The molecule has 0 unspecified atom stereocenters. The third-order valence-corrected chi connectivity index (χ3v) is 5.69. The van der Waals surface area contributed by atoms with Crippen molar-refractivity contribution in [1.82, 2.24) is 15.5 Å². The Morgan fingerprint density at radius 1 is 1.00 bits per heavy atom. The SMILES string of the molecule is CN=C(NCCCOC1CCCCC1)NCCN(CC1CC1)C1CC1.I. The minimum atomic E-state index is 0. The first kappa shape index (κ1) is 22.2. The van der Waals surface area contributed by atoms with Crippen LogP contribution in [-0.2, 0) is 4.74 Å². The highest BCUT2D eigenvalue weighted by Gasteiger charge is 2.33. The zero-order valence-electron chi connectivity index (χ0n) is 16.5. The molecular weight excluding hydrogens is 439 g/mol. The smallest absolute Gasteiger partial charge is 0.191 e. The molecule has 0 aromatic carbocycles. The number of hydrogen-bond donors (Lipinski definition) is 2. The van der Waals surface area contributed by atoms with Crippen LogP contribution in [0.25, 0.3) is 0 Å². The second-order valence-corrected chi connectivity index (χ2v) is 8.08. The lowest BCUT2D eigenvalue weighted by molar-refractivity contribution is 0.0277. The summed E-state index contributed by atoms with van der Waals surface area (Å²) in [4.78, 5) is 7.03. The van der Waals surface area contributed by atoms with Crippen LogP contribution in [0.2, 0.25) is 0 Å². The molecule has 152 valence electrons. The summed E-state index contributed by atoms with van der Waals surface area (Å²) >= 11 is 0. The van der Waals surface area contributed by atoms with Crippen molar-refractivity contribution in [2.75, 3.05) is 39.8 Å². The van der Waals surface area contributed by atoms with E-state index in [9.17, 15) is 0 Å². The number of halogens is 1. The lowest BCUT2D eigenvalue weighted by Crippen LogP contribution is -2.43. The summed E-state index contributed by atoms with van der Waals surface area (Å²) in [5.74, 6) is 1.92. The van der Waals surface area contributed by atoms with Crippen molar-refractivity contribution in [1.29, 1.82) is 0 Å². The Morgan fingerprint density at radius 3 is 2.38 bits per heavy atom. The first-order valence-corrected chi connectivity index (χ1v) is 10.7. The zero-order valence-corrected chi connectivity index (χ0v) is 18.9. The first-order chi connectivity index (χ1) is 12.3. The summed E-state index contributed by atoms with van der Waals surface area (Å²) in [5, 5.41) is 6.89. The van der Waals surface area contributed by atoms with Crippen LogP contribution in [0, 0.1) is 5.92 Å². The van der Waals surface area contributed by atoms with E-state index in [0.29, 0.717) is 6.10 Å². The first-order valence-electron chi connectivity index (χ1n) is 10.7. The molecule has 3 rings (SSSR count). The molecule has 0 aromatic heterocycles. The Hall–Kier alpha value is -0.0800. The molecule has 26 heavy (non-hydrogen) atoms. The van der Waals surface area contributed by atoms with Gasteiger partial charge in [0.25, 0.3) is 0 Å². The molecule has 0 aliphatic heterocycles. The van der Waals surface area contributed by atoms with Gasteiger partial charge in [-0.05, 0) is 50.9 Å². The van der Waals surface area contributed by atoms with Gasteiger partial charge >= 0.3 is 0 Å². The summed E-state index contributed by atoms with van der Waals surface area (Å²) in [7, 11) is 1.86. The molecule has 3 saturated carbocycles. The van der Waals surface area contributed by atoms with E-state index >= 15 is 0 Å². The third kappa shape index (κ3) is 8.74. The monoisotopic (exact) mass is 478 g/mol. The van der Waals surface area contributed by atoms with E-state index < -0.39 is 0 Å². The quantitative estimate of drug-likeness (QED) is 0.207. The number of guanidine groups is 1. The average Bonchev–Trinajstić information content (AvgIpc) is 3.54. The van der Waals surface area contributed by atoms with E-state index in [1.807, 2.05) is 7.05 Å². The van der Waals surface area contributed by atoms with E-state index in [2.05, 4.69) is 20.5 Å². The van der Waals surface area contributed by atoms with Gasteiger partial charge in [0.2, 0.25) is 0 Å². The second kappa shape index (κ2) is 12.4. The Labute approximate surface area is 177 Å². The van der Waals surface area contributed by atoms with E-state index in [1.54, 1.807) is 0 Å². The number of nitrogens with one attached hydrogen (secondary N) is 2. The summed E-state index contributed by atoms with van der Waals surface area (Å²) < 4.78 is 5.98. The lowest BCUT2D eigenvalue weighted by Gasteiger charge is -2.23. The third-order valence-electron chi connectivity index (χ3n) is 5.69. The van der Waals surface area contributed by atoms with Crippen LogP contribution >= 0.6 is 24.0 Å². The fourth-order valence-electron chi connectivity index (χ4n) is 3.79. The minimum absolute atomic E-state index is 0. The Bertz CT molecular complexity index is 407. The summed E-state index contributed by atoms with van der Waals surface area (Å²) in [6.45, 7) is 5.25. The van der Waals surface area contributed by atoms with Gasteiger partial charge in [-0.1, -0.05) is 19.3 Å². The minimum Gasteiger partial charge on any atom is -0.378 e. The second-order valence-electron chi connectivity index (χ2n) is 8.08. The highest BCUT2D eigenvalue weighted by Crippen LogP contribution is 2.34. The molecule has 2 N–H and O–H groups in total. The van der Waals surface area contributed by atoms with Crippen molar-refractivity contribution in [3.05, 3.63) is 0 Å². The van der Waals surface area contributed by atoms with Crippen LogP contribution < -0.4 is 10.6 Å². The molecule has 0 heterocycles. The Kier molecular flexibility index (Phi) is 10.6. The number of hydrogen-bond acceptors (Lipinski definition) is 3. The summed E-state index contributed by atoms with van der Waals surface area (Å²) in [6, 6.07) is 0.870. The maximum atomic E-state index is 5.98. The highest BCUT2D eigenvalue weighted by molar-refractivity contribution is 14.0. The molecule has 3 fully saturated rings. The van der Waals surface area contributed by atoms with Gasteiger partial charge in [0, 0.05) is 45.9 Å². The molecule has 0 bridgehead atoms. The fourth-order valence-corrected chi connectivity index (χ4v) is 3.79. The van der Waals surface area contributed by atoms with Crippen LogP contribution in [0.4, 0.5) is 0 Å². The highest BCUT2D eigenvalue weighted by atomic mass is 127. The molecule has 6 heteroatoms. The fraction of sp³-hybridized carbons (Fsp3) is 0.950. The molecule has 5 nitrogen and oxygen atoms in total. The van der Waals surface area contributed by atoms with Gasteiger partial charge in [-0.15, -0.1) is 24.0 Å². The van der Waals surface area contributed by atoms with Crippen molar-refractivity contribution in [2.24, 2.45) is 10.9 Å². The average molecular weight is 478 g/mol. The van der Waals surface area contributed by atoms with E-state index in [0.717, 1.165) is 50.6 Å². The predicted molar refractivity (Wildman–Crippen MR) is 120 cm³/mol. The largest absolute Gasteiger partial charge is 0.378 e. The molecular formula is C20H39IN4O. The number of rotatable bonds is 11. The van der Waals surface area contributed by atoms with Crippen molar-refractivity contribution in [2.45, 2.75) is 76.4 Å². The van der Waals surface area contributed by atoms with Crippen molar-refractivity contribution in [3.8, 4) is 0 Å². The maximum absolute atomic E-state index is 5.98. The van der Waals surface area contributed by atoms with Gasteiger partial charge < -0.3 is 15.4 Å². The molecule has 0 saturated heterocycles. The Morgan fingerprint density at radius 2 is 1.73 bits per heavy atom. The molecule has 0 spiro atoms. The zero-order chi connectivity index (χ0) is 17.3. The molecule has 0 aromatic rings. The number of nitrogens with zero attached hydrogens (tertiary/aromatic N) is 2. The van der Waals surface area contributed by atoms with E-state index in [-0.39, 0.29) is 24.0 Å². The Balaban J connectivity index is 0.00000243. The summed E-state index contributed by atoms with van der Waals surface area (Å²) in [5.41, 5.74) is 0. The molecule has 0 atom stereocenters. The van der Waals surface area contributed by atoms with E-state index in [1.165, 1.54) is 64.3 Å². The van der Waals surface area contributed by atoms with Crippen LogP contribution in [0.15, 0.2) is 4.99 Å². The van der Waals surface area contributed by atoms with Crippen LogP contribution in [0.3, 0.4) is 0 Å². The van der Waals surface area contributed by atoms with Gasteiger partial charge in [0.1, 0.15) is 0 Å². The normalized spacial score (nSPS) is 21.5. The van der Waals surface area contributed by atoms with Crippen LogP contribution in [0.5, 0.6) is 0 Å². The maximum Gasteiger partial charge on any atom is 0.191 e. The summed E-state index contributed by atoms with van der Waals surface area (Å²) in [6.07, 6.45) is 13.9. The van der Waals surface area contributed by atoms with Crippen molar-refractivity contribution >= 4 is 29.9 Å². The molecule has 0 radical (unpaired) electrons.